The van der Waals surface area contributed by atoms with Crippen molar-refractivity contribution in [1.29, 1.82) is 0 Å². The topological polar surface area (TPSA) is 38.3 Å². The molecule has 0 saturated carbocycles. The number of rotatable bonds is 4. The number of hydrogen-bond donors (Lipinski definition) is 1. The summed E-state index contributed by atoms with van der Waals surface area (Å²) in [6.07, 6.45) is 0. The molecule has 3 nitrogen and oxygen atoms in total. The molecule has 0 fully saturated rings. The summed E-state index contributed by atoms with van der Waals surface area (Å²) in [5, 5.41) is 2.77. The molecule has 0 saturated heterocycles. The van der Waals surface area contributed by atoms with Crippen LogP contribution in [0.5, 0.6) is 5.75 Å². The van der Waals surface area contributed by atoms with Crippen LogP contribution in [-0.2, 0) is 10.2 Å². The third-order valence-electron chi connectivity index (χ3n) is 3.29. The lowest BCUT2D eigenvalue weighted by molar-refractivity contribution is -0.118. The summed E-state index contributed by atoms with van der Waals surface area (Å²) in [6.45, 7) is 6.25. The molecule has 23 heavy (non-hydrogen) atoms. The van der Waals surface area contributed by atoms with Crippen molar-refractivity contribution in [2.45, 2.75) is 26.2 Å². The summed E-state index contributed by atoms with van der Waals surface area (Å²) in [5.41, 5.74) is 1.98. The first-order valence-electron chi connectivity index (χ1n) is 7.24. The van der Waals surface area contributed by atoms with Crippen molar-refractivity contribution in [1.82, 2.24) is 0 Å². The average Bonchev–Trinajstić information content (AvgIpc) is 2.46. The quantitative estimate of drug-likeness (QED) is 0.819. The number of carbonyl (C=O) groups is 1. The van der Waals surface area contributed by atoms with Crippen LogP contribution >= 0.6 is 15.9 Å². The Morgan fingerprint density at radius 1 is 1.17 bits per heavy atom. The molecule has 1 amide bonds. The van der Waals surface area contributed by atoms with Gasteiger partial charge in [-0.3, -0.25) is 4.79 Å². The number of halogens is 2. The standard InChI is InChI=1S/C18H19BrFNO2/c1-18(2,3)12-4-7-14(8-5-12)21-17(22)11-23-16-9-6-13(20)10-15(16)19/h4-10H,11H2,1-3H3,(H,21,22). The molecular weight excluding hydrogens is 361 g/mol. The zero-order valence-electron chi connectivity index (χ0n) is 13.3. The summed E-state index contributed by atoms with van der Waals surface area (Å²) in [6, 6.07) is 11.8. The van der Waals surface area contributed by atoms with E-state index in [1.54, 1.807) is 0 Å². The van der Waals surface area contributed by atoms with Gasteiger partial charge in [0.1, 0.15) is 11.6 Å². The van der Waals surface area contributed by atoms with Gasteiger partial charge >= 0.3 is 0 Å². The molecule has 2 rings (SSSR count). The molecule has 0 unspecified atom stereocenters. The number of hydrogen-bond acceptors (Lipinski definition) is 2. The summed E-state index contributed by atoms with van der Waals surface area (Å²) in [7, 11) is 0. The number of carbonyl (C=O) groups excluding carboxylic acids is 1. The van der Waals surface area contributed by atoms with Crippen LogP contribution in [0.4, 0.5) is 10.1 Å². The van der Waals surface area contributed by atoms with Crippen LogP contribution < -0.4 is 10.1 Å². The zero-order chi connectivity index (χ0) is 17.0. The fraction of sp³-hybridized carbons (Fsp3) is 0.278. The van der Waals surface area contributed by atoms with Crippen molar-refractivity contribution >= 4 is 27.5 Å². The molecule has 0 aliphatic rings. The molecule has 1 N–H and O–H groups in total. The molecule has 0 aliphatic heterocycles. The van der Waals surface area contributed by atoms with Gasteiger partial charge in [0, 0.05) is 5.69 Å². The van der Waals surface area contributed by atoms with Crippen molar-refractivity contribution in [3.63, 3.8) is 0 Å². The van der Waals surface area contributed by atoms with E-state index in [0.717, 1.165) is 0 Å². The fourth-order valence-corrected chi connectivity index (χ4v) is 2.45. The van der Waals surface area contributed by atoms with E-state index in [1.165, 1.54) is 23.8 Å². The van der Waals surface area contributed by atoms with E-state index in [2.05, 4.69) is 42.0 Å². The highest BCUT2D eigenvalue weighted by molar-refractivity contribution is 9.10. The zero-order valence-corrected chi connectivity index (χ0v) is 14.9. The summed E-state index contributed by atoms with van der Waals surface area (Å²) >= 11 is 3.19. The maximum Gasteiger partial charge on any atom is 0.262 e. The Hall–Kier alpha value is -1.88. The second-order valence-electron chi connectivity index (χ2n) is 6.24. The smallest absolute Gasteiger partial charge is 0.262 e. The normalized spacial score (nSPS) is 11.2. The monoisotopic (exact) mass is 379 g/mol. The van der Waals surface area contributed by atoms with Crippen molar-refractivity contribution in [2.75, 3.05) is 11.9 Å². The van der Waals surface area contributed by atoms with Gasteiger partial charge in [0.25, 0.3) is 5.91 Å². The van der Waals surface area contributed by atoms with Gasteiger partial charge in [0.05, 0.1) is 4.47 Å². The average molecular weight is 380 g/mol. The Balaban J connectivity index is 1.92. The molecule has 122 valence electrons. The minimum absolute atomic E-state index is 0.0700. The summed E-state index contributed by atoms with van der Waals surface area (Å²) in [4.78, 5) is 11.9. The van der Waals surface area contributed by atoms with Gasteiger partial charge < -0.3 is 10.1 Å². The van der Waals surface area contributed by atoms with Gasteiger partial charge in [0.2, 0.25) is 0 Å². The highest BCUT2D eigenvalue weighted by atomic mass is 79.9. The lowest BCUT2D eigenvalue weighted by Gasteiger charge is -2.19. The first-order valence-corrected chi connectivity index (χ1v) is 8.03. The third kappa shape index (κ3) is 5.06. The van der Waals surface area contributed by atoms with E-state index < -0.39 is 0 Å². The molecule has 0 radical (unpaired) electrons. The Morgan fingerprint density at radius 2 is 1.83 bits per heavy atom. The Labute approximate surface area is 144 Å². The van der Waals surface area contributed by atoms with Gasteiger partial charge in [-0.05, 0) is 57.2 Å². The van der Waals surface area contributed by atoms with Crippen molar-refractivity contribution < 1.29 is 13.9 Å². The van der Waals surface area contributed by atoms with Crippen LogP contribution in [0, 0.1) is 5.82 Å². The summed E-state index contributed by atoms with van der Waals surface area (Å²) < 4.78 is 18.8. The van der Waals surface area contributed by atoms with Gasteiger partial charge in [-0.25, -0.2) is 4.39 Å². The molecule has 2 aromatic rings. The minimum Gasteiger partial charge on any atom is -0.483 e. The van der Waals surface area contributed by atoms with Gasteiger partial charge in [0.15, 0.2) is 6.61 Å². The maximum atomic E-state index is 13.0. The Morgan fingerprint density at radius 3 is 2.39 bits per heavy atom. The van der Waals surface area contributed by atoms with E-state index in [0.29, 0.717) is 15.9 Å². The number of amides is 1. The molecule has 0 spiro atoms. The van der Waals surface area contributed by atoms with Crippen LogP contribution in [0.1, 0.15) is 26.3 Å². The van der Waals surface area contributed by atoms with E-state index in [4.69, 9.17) is 4.74 Å². The van der Waals surface area contributed by atoms with Crippen LogP contribution in [0.3, 0.4) is 0 Å². The fourth-order valence-electron chi connectivity index (χ4n) is 1.99. The number of benzene rings is 2. The number of anilines is 1. The predicted molar refractivity (Wildman–Crippen MR) is 93.4 cm³/mol. The summed E-state index contributed by atoms with van der Waals surface area (Å²) in [5.74, 6) is -0.220. The van der Waals surface area contributed by atoms with Gasteiger partial charge in [-0.1, -0.05) is 32.9 Å². The molecule has 0 aromatic heterocycles. The van der Waals surface area contributed by atoms with Gasteiger partial charge in [-0.15, -0.1) is 0 Å². The van der Waals surface area contributed by atoms with Crippen molar-refractivity contribution in [3.05, 3.63) is 58.3 Å². The molecule has 0 aliphatic carbocycles. The largest absolute Gasteiger partial charge is 0.483 e. The highest BCUT2D eigenvalue weighted by Gasteiger charge is 2.13. The van der Waals surface area contributed by atoms with Crippen LogP contribution in [-0.4, -0.2) is 12.5 Å². The lowest BCUT2D eigenvalue weighted by atomic mass is 9.87. The van der Waals surface area contributed by atoms with Crippen LogP contribution in [0.2, 0.25) is 0 Å². The highest BCUT2D eigenvalue weighted by Crippen LogP contribution is 2.26. The second-order valence-corrected chi connectivity index (χ2v) is 7.09. The predicted octanol–water partition coefficient (Wildman–Crippen LogP) is 4.90. The molecule has 0 bridgehead atoms. The van der Waals surface area contributed by atoms with Gasteiger partial charge in [-0.2, -0.15) is 0 Å². The van der Waals surface area contributed by atoms with E-state index in [-0.39, 0.29) is 23.7 Å². The van der Waals surface area contributed by atoms with Crippen molar-refractivity contribution in [3.8, 4) is 5.75 Å². The lowest BCUT2D eigenvalue weighted by Crippen LogP contribution is -2.20. The van der Waals surface area contributed by atoms with Crippen molar-refractivity contribution in [2.24, 2.45) is 0 Å². The SMILES string of the molecule is CC(C)(C)c1ccc(NC(=O)COc2ccc(F)cc2Br)cc1. The molecule has 0 heterocycles. The maximum absolute atomic E-state index is 13.0. The van der Waals surface area contributed by atoms with Crippen LogP contribution in [0.25, 0.3) is 0 Å². The van der Waals surface area contributed by atoms with E-state index >= 15 is 0 Å². The molecule has 2 aromatic carbocycles. The molecule has 0 atom stereocenters. The van der Waals surface area contributed by atoms with Crippen LogP contribution in [0.15, 0.2) is 46.9 Å². The number of nitrogens with one attached hydrogen (secondary N) is 1. The Kier molecular flexibility index (Phi) is 5.42. The van der Waals surface area contributed by atoms with E-state index in [9.17, 15) is 9.18 Å². The second kappa shape index (κ2) is 7.13. The minimum atomic E-state index is -0.368. The van der Waals surface area contributed by atoms with E-state index in [1.807, 2.05) is 24.3 Å². The Bertz CT molecular complexity index is 693. The number of ether oxygens (including phenoxy) is 1. The first-order chi connectivity index (χ1) is 10.8. The molecule has 5 heteroatoms. The third-order valence-corrected chi connectivity index (χ3v) is 3.91. The first kappa shape index (κ1) is 17.5. The molecular formula is C18H19BrFNO2.